The van der Waals surface area contributed by atoms with Crippen LogP contribution in [0.3, 0.4) is 0 Å². The third-order valence-corrected chi connectivity index (χ3v) is 5.77. The first kappa shape index (κ1) is 23.2. The molecule has 0 radical (unpaired) electrons. The summed E-state index contributed by atoms with van der Waals surface area (Å²) in [6.07, 6.45) is 1.76. The van der Waals surface area contributed by atoms with Crippen molar-refractivity contribution in [2.24, 2.45) is 5.73 Å². The van der Waals surface area contributed by atoms with E-state index < -0.39 is 17.6 Å². The van der Waals surface area contributed by atoms with Crippen molar-refractivity contribution in [2.45, 2.75) is 25.3 Å². The van der Waals surface area contributed by atoms with E-state index in [4.69, 9.17) is 20.9 Å². The van der Waals surface area contributed by atoms with Gasteiger partial charge in [0, 0.05) is 19.1 Å². The number of primary amides is 1. The van der Waals surface area contributed by atoms with Crippen LogP contribution in [-0.4, -0.2) is 41.9 Å². The quantitative estimate of drug-likeness (QED) is 0.489. The summed E-state index contributed by atoms with van der Waals surface area (Å²) in [6.45, 7) is 1.39. The molecule has 0 bridgehead atoms. The molecule has 0 saturated carbocycles. The maximum absolute atomic E-state index is 13.6. The number of methoxy groups -OCH3 is 1. The van der Waals surface area contributed by atoms with Gasteiger partial charge in [0.05, 0.1) is 36.3 Å². The van der Waals surface area contributed by atoms with Crippen LogP contribution >= 0.6 is 0 Å². The second kappa shape index (κ2) is 9.92. The van der Waals surface area contributed by atoms with Crippen molar-refractivity contribution in [2.75, 3.05) is 26.1 Å². The number of hydrogen-bond acceptors (Lipinski definition) is 6. The predicted octanol–water partition coefficient (Wildman–Crippen LogP) is 2.53. The molecule has 1 aliphatic heterocycles. The molecule has 2 aromatic carbocycles. The van der Waals surface area contributed by atoms with E-state index in [1.165, 1.54) is 23.9 Å². The minimum atomic E-state index is -0.673. The molecule has 178 valence electrons. The molecule has 0 spiro atoms. The van der Waals surface area contributed by atoms with Gasteiger partial charge in [0.25, 0.3) is 11.8 Å². The van der Waals surface area contributed by atoms with Crippen LogP contribution in [0.25, 0.3) is 5.69 Å². The van der Waals surface area contributed by atoms with Gasteiger partial charge in [0.1, 0.15) is 11.6 Å². The first-order valence-corrected chi connectivity index (χ1v) is 10.9. The summed E-state index contributed by atoms with van der Waals surface area (Å²) in [5.74, 6) is -1.38. The monoisotopic (exact) mass is 467 g/mol. The zero-order chi connectivity index (χ0) is 24.2. The summed E-state index contributed by atoms with van der Waals surface area (Å²) >= 11 is 0. The number of aromatic nitrogens is 2. The molecule has 1 aromatic heterocycles. The molecule has 0 aliphatic carbocycles. The number of nitrogen functional groups attached to an aromatic ring is 1. The molecule has 1 aliphatic rings. The molecule has 1 saturated heterocycles. The van der Waals surface area contributed by atoms with Gasteiger partial charge in [-0.2, -0.15) is 5.10 Å². The highest BCUT2D eigenvalue weighted by molar-refractivity contribution is 5.98. The third kappa shape index (κ3) is 4.72. The van der Waals surface area contributed by atoms with Crippen molar-refractivity contribution >= 4 is 17.5 Å². The normalized spacial score (nSPS) is 15.6. The maximum atomic E-state index is 13.6. The Hall–Kier alpha value is -3.92. The van der Waals surface area contributed by atoms with Crippen molar-refractivity contribution in [1.82, 2.24) is 15.1 Å². The van der Waals surface area contributed by atoms with Crippen molar-refractivity contribution in [3.63, 3.8) is 0 Å². The Morgan fingerprint density at radius 1 is 1.26 bits per heavy atom. The average molecular weight is 468 g/mol. The highest BCUT2D eigenvalue weighted by atomic mass is 19.1. The van der Waals surface area contributed by atoms with Gasteiger partial charge < -0.3 is 26.3 Å². The van der Waals surface area contributed by atoms with Crippen LogP contribution in [-0.2, 0) is 11.3 Å². The highest BCUT2D eigenvalue weighted by Crippen LogP contribution is 2.32. The lowest BCUT2D eigenvalue weighted by Gasteiger charge is -2.20. The summed E-state index contributed by atoms with van der Waals surface area (Å²) in [7, 11) is 1.41. The lowest BCUT2D eigenvalue weighted by molar-refractivity contribution is 0.0794. The minimum absolute atomic E-state index is 0.00222. The molecule has 10 heteroatoms. The molecule has 4 rings (SSSR count). The zero-order valence-electron chi connectivity index (χ0n) is 18.7. The first-order valence-electron chi connectivity index (χ1n) is 10.9. The summed E-state index contributed by atoms with van der Waals surface area (Å²) in [4.78, 5) is 24.6. The molecular formula is C24H26FN5O4. The number of anilines is 1. The van der Waals surface area contributed by atoms with Gasteiger partial charge in [-0.25, -0.2) is 9.07 Å². The number of benzene rings is 2. The Kier molecular flexibility index (Phi) is 6.78. The summed E-state index contributed by atoms with van der Waals surface area (Å²) in [5, 5.41) is 7.33. The average Bonchev–Trinajstić information content (AvgIpc) is 3.20. The summed E-state index contributed by atoms with van der Waals surface area (Å²) in [5.41, 5.74) is 14.3. The van der Waals surface area contributed by atoms with E-state index >= 15 is 0 Å². The van der Waals surface area contributed by atoms with Crippen molar-refractivity contribution in [3.8, 4) is 11.4 Å². The van der Waals surface area contributed by atoms with Gasteiger partial charge in [-0.05, 0) is 48.7 Å². The fourth-order valence-electron chi connectivity index (χ4n) is 4.02. The molecular weight excluding hydrogens is 441 g/mol. The van der Waals surface area contributed by atoms with E-state index in [0.717, 1.165) is 24.5 Å². The van der Waals surface area contributed by atoms with Crippen molar-refractivity contribution < 1.29 is 23.5 Å². The zero-order valence-corrected chi connectivity index (χ0v) is 18.7. The Labute approximate surface area is 195 Å². The molecule has 5 N–H and O–H groups in total. The Balaban J connectivity index is 1.52. The van der Waals surface area contributed by atoms with Gasteiger partial charge >= 0.3 is 0 Å². The van der Waals surface area contributed by atoms with E-state index in [-0.39, 0.29) is 35.2 Å². The number of halogens is 1. The fraction of sp³-hybridized carbons (Fsp3) is 0.292. The number of nitrogens with two attached hydrogens (primary N) is 2. The SMILES string of the molecule is COc1ccc(F)cc1C(=O)NCc1ccc(-n2nc(C3CCCOC3)c(N)c2C(N)=O)cc1. The van der Waals surface area contributed by atoms with E-state index in [9.17, 15) is 14.0 Å². The molecule has 34 heavy (non-hydrogen) atoms. The molecule has 2 heterocycles. The number of nitrogens with zero attached hydrogens (tertiary/aromatic N) is 2. The number of carbonyl (C=O) groups excluding carboxylic acids is 2. The summed E-state index contributed by atoms with van der Waals surface area (Å²) in [6, 6.07) is 10.8. The molecule has 1 atom stereocenters. The largest absolute Gasteiger partial charge is 0.496 e. The molecule has 9 nitrogen and oxygen atoms in total. The number of rotatable bonds is 7. The lowest BCUT2D eigenvalue weighted by Crippen LogP contribution is -2.23. The van der Waals surface area contributed by atoms with Gasteiger partial charge in [-0.1, -0.05) is 12.1 Å². The number of carbonyl (C=O) groups is 2. The smallest absolute Gasteiger partial charge is 0.269 e. The lowest BCUT2D eigenvalue weighted by atomic mass is 9.97. The van der Waals surface area contributed by atoms with Crippen LogP contribution in [0.1, 0.15) is 50.9 Å². The topological polar surface area (TPSA) is 134 Å². The van der Waals surface area contributed by atoms with Crippen LogP contribution < -0.4 is 21.5 Å². The van der Waals surface area contributed by atoms with Crippen molar-refractivity contribution in [1.29, 1.82) is 0 Å². The van der Waals surface area contributed by atoms with E-state index in [0.29, 0.717) is 24.6 Å². The number of hydrogen-bond donors (Lipinski definition) is 3. The highest BCUT2D eigenvalue weighted by Gasteiger charge is 2.27. The Bertz CT molecular complexity index is 1200. The first-order chi connectivity index (χ1) is 16.4. The Morgan fingerprint density at radius 3 is 2.68 bits per heavy atom. The van der Waals surface area contributed by atoms with Crippen LogP contribution in [0.2, 0.25) is 0 Å². The van der Waals surface area contributed by atoms with Gasteiger partial charge in [-0.3, -0.25) is 9.59 Å². The van der Waals surface area contributed by atoms with E-state index in [1.54, 1.807) is 24.3 Å². The van der Waals surface area contributed by atoms with E-state index in [2.05, 4.69) is 10.4 Å². The van der Waals surface area contributed by atoms with Gasteiger partial charge in [0.15, 0.2) is 5.69 Å². The van der Waals surface area contributed by atoms with Crippen LogP contribution in [0, 0.1) is 5.82 Å². The second-order valence-corrected chi connectivity index (χ2v) is 8.03. The third-order valence-electron chi connectivity index (χ3n) is 5.77. The predicted molar refractivity (Wildman–Crippen MR) is 123 cm³/mol. The summed E-state index contributed by atoms with van der Waals surface area (Å²) < 4.78 is 25.7. The fourth-order valence-corrected chi connectivity index (χ4v) is 4.02. The Morgan fingerprint density at radius 2 is 2.03 bits per heavy atom. The molecule has 1 fully saturated rings. The standard InChI is InChI=1S/C24H26FN5O4/c1-33-19-9-6-16(25)11-18(19)24(32)28-12-14-4-7-17(8-5-14)30-22(23(27)31)20(26)21(29-30)15-3-2-10-34-13-15/h4-9,11,15H,2-3,10,12-13,26H2,1H3,(H2,27,31)(H,28,32). The van der Waals surface area contributed by atoms with Crippen LogP contribution in [0.5, 0.6) is 5.75 Å². The molecule has 2 amide bonds. The van der Waals surface area contributed by atoms with Gasteiger partial charge in [0.2, 0.25) is 0 Å². The van der Waals surface area contributed by atoms with Crippen LogP contribution in [0.15, 0.2) is 42.5 Å². The van der Waals surface area contributed by atoms with Crippen molar-refractivity contribution in [3.05, 3.63) is 70.8 Å². The number of amides is 2. The van der Waals surface area contributed by atoms with Crippen LogP contribution in [0.4, 0.5) is 10.1 Å². The number of ether oxygens (including phenoxy) is 2. The second-order valence-electron chi connectivity index (χ2n) is 8.03. The molecule has 1 unspecified atom stereocenters. The van der Waals surface area contributed by atoms with Gasteiger partial charge in [-0.15, -0.1) is 0 Å². The van der Waals surface area contributed by atoms with E-state index in [1.807, 2.05) is 0 Å². The minimum Gasteiger partial charge on any atom is -0.496 e. The number of nitrogens with one attached hydrogen (secondary N) is 1. The maximum Gasteiger partial charge on any atom is 0.269 e. The molecule has 3 aromatic rings.